The highest BCUT2D eigenvalue weighted by atomic mass is 31.2. The number of nitrogens with two attached hydrogens (primary N) is 1. The maximum Gasteiger partial charge on any atom is 1.00 e. The van der Waals surface area contributed by atoms with E-state index in [9.17, 15) is 23.8 Å². The first kappa shape index (κ1) is 21.5. The highest BCUT2D eigenvalue weighted by Gasteiger charge is 2.25. The van der Waals surface area contributed by atoms with Gasteiger partial charge in [-0.05, 0) is 0 Å². The van der Waals surface area contributed by atoms with Gasteiger partial charge in [0, 0.05) is 6.54 Å². The number of carbonyl (C=O) groups is 2. The van der Waals surface area contributed by atoms with Crippen LogP contribution in [0, 0.1) is 0 Å². The molecule has 0 aromatic carbocycles. The second-order valence-corrected chi connectivity index (χ2v) is 6.64. The van der Waals surface area contributed by atoms with Crippen LogP contribution in [-0.2, 0) is 18.7 Å². The molecule has 0 fully saturated rings. The van der Waals surface area contributed by atoms with Crippen LogP contribution in [-0.4, -0.2) is 67.2 Å². The molecule has 0 aromatic heterocycles. The zero-order valence-electron chi connectivity index (χ0n) is 11.0. The van der Waals surface area contributed by atoms with Crippen LogP contribution in [0.2, 0.25) is 0 Å². The van der Waals surface area contributed by atoms with Crippen molar-refractivity contribution in [2.75, 3.05) is 25.7 Å². The SMILES string of the molecule is NCC(=O)O.O=C([O-])CN(CP(=O)(O)O)CP(=O)(O)O.[H+]. The van der Waals surface area contributed by atoms with E-state index in [1.807, 2.05) is 0 Å². The second kappa shape index (κ2) is 9.16. The van der Waals surface area contributed by atoms with Gasteiger partial charge >= 0.3 is 22.6 Å². The molecule has 0 saturated heterocycles. The van der Waals surface area contributed by atoms with Gasteiger partial charge in [0.05, 0.1) is 12.5 Å². The molecule has 0 spiro atoms. The normalized spacial score (nSPS) is 11.7. The fourth-order valence-corrected chi connectivity index (χ4v) is 2.45. The number of hydrogen-bond acceptors (Lipinski definition) is 7. The molecule has 120 valence electrons. The molecule has 0 aliphatic carbocycles. The molecule has 7 N–H and O–H groups in total. The summed E-state index contributed by atoms with van der Waals surface area (Å²) < 4.78 is 21.0. The molecule has 20 heavy (non-hydrogen) atoms. The Morgan fingerprint density at radius 3 is 1.55 bits per heavy atom. The van der Waals surface area contributed by atoms with Crippen LogP contribution in [0.25, 0.3) is 0 Å². The Morgan fingerprint density at radius 2 is 1.40 bits per heavy atom. The fourth-order valence-electron chi connectivity index (χ4n) is 0.848. The van der Waals surface area contributed by atoms with Crippen LogP contribution in [0.1, 0.15) is 1.43 Å². The monoisotopic (exact) mass is 338 g/mol. The third kappa shape index (κ3) is 19.5. The minimum atomic E-state index is -4.57. The predicted molar refractivity (Wildman–Crippen MR) is 63.3 cm³/mol. The van der Waals surface area contributed by atoms with Gasteiger partial charge in [-0.3, -0.25) is 18.8 Å². The average molecular weight is 338 g/mol. The van der Waals surface area contributed by atoms with E-state index in [1.165, 1.54) is 0 Å². The van der Waals surface area contributed by atoms with Crippen molar-refractivity contribution in [3.05, 3.63) is 0 Å². The molecule has 0 aromatic rings. The van der Waals surface area contributed by atoms with Gasteiger partial charge in [-0.15, -0.1) is 0 Å². The van der Waals surface area contributed by atoms with Gasteiger partial charge in [0.15, 0.2) is 0 Å². The molecular formula is C6H16N2O10P2. The minimum Gasteiger partial charge on any atom is -0.549 e. The molecule has 0 unspecified atom stereocenters. The van der Waals surface area contributed by atoms with Gasteiger partial charge in [-0.25, -0.2) is 0 Å². The predicted octanol–water partition coefficient (Wildman–Crippen LogP) is -3.55. The highest BCUT2D eigenvalue weighted by Crippen LogP contribution is 2.40. The first-order chi connectivity index (χ1) is 8.76. The molecule has 0 aliphatic heterocycles. The summed E-state index contributed by atoms with van der Waals surface area (Å²) in [6.07, 6.45) is -2.10. The van der Waals surface area contributed by atoms with Gasteiger partial charge in [0.25, 0.3) is 0 Å². The first-order valence-corrected chi connectivity index (χ1v) is 8.29. The number of nitrogens with zero attached hydrogens (tertiary/aromatic N) is 1. The van der Waals surface area contributed by atoms with E-state index >= 15 is 0 Å². The van der Waals surface area contributed by atoms with Crippen LogP contribution < -0.4 is 10.8 Å². The van der Waals surface area contributed by atoms with Crippen LogP contribution in [0.5, 0.6) is 0 Å². The first-order valence-electron chi connectivity index (χ1n) is 4.70. The summed E-state index contributed by atoms with van der Waals surface area (Å²) in [5.74, 6) is -2.65. The Bertz CT molecular complexity index is 396. The summed E-state index contributed by atoms with van der Waals surface area (Å²) in [5, 5.41) is 17.7. The zero-order chi connectivity index (χ0) is 16.6. The smallest absolute Gasteiger partial charge is 0.549 e. The molecule has 14 heteroatoms. The topological polar surface area (TPSA) is 222 Å². The van der Waals surface area contributed by atoms with E-state index in [-0.39, 0.29) is 7.97 Å². The zero-order valence-corrected chi connectivity index (χ0v) is 11.8. The molecule has 0 saturated carbocycles. The third-order valence-corrected chi connectivity index (χ3v) is 2.83. The van der Waals surface area contributed by atoms with E-state index in [0.717, 1.165) is 0 Å². The third-order valence-electron chi connectivity index (χ3n) is 1.30. The maximum absolute atomic E-state index is 10.5. The quantitative estimate of drug-likeness (QED) is 0.248. The number of aliphatic carboxylic acids is 2. The minimum absolute atomic E-state index is 0. The van der Waals surface area contributed by atoms with Crippen molar-refractivity contribution < 1.29 is 49.9 Å². The average Bonchev–Trinajstić information content (AvgIpc) is 2.11. The Labute approximate surface area is 114 Å². The number of carboxylic acids is 2. The highest BCUT2D eigenvalue weighted by molar-refractivity contribution is 7.52. The van der Waals surface area contributed by atoms with Crippen molar-refractivity contribution >= 4 is 27.1 Å². The summed E-state index contributed by atoms with van der Waals surface area (Å²) in [6.45, 7) is -1.24. The molecule has 0 radical (unpaired) electrons. The fraction of sp³-hybridized carbons (Fsp3) is 0.667. The summed E-state index contributed by atoms with van der Waals surface area (Å²) in [5.41, 5.74) is 4.57. The van der Waals surface area contributed by atoms with Crippen molar-refractivity contribution in [1.82, 2.24) is 4.90 Å². The Balaban J connectivity index is -0.000000465. The lowest BCUT2D eigenvalue weighted by molar-refractivity contribution is -0.306. The van der Waals surface area contributed by atoms with E-state index in [4.69, 9.17) is 24.7 Å². The van der Waals surface area contributed by atoms with Crippen molar-refractivity contribution in [2.24, 2.45) is 5.73 Å². The van der Waals surface area contributed by atoms with Gasteiger partial charge in [-0.1, -0.05) is 0 Å². The lowest BCUT2D eigenvalue weighted by atomic mass is 10.6. The van der Waals surface area contributed by atoms with E-state index in [0.29, 0.717) is 4.90 Å². The Hall–Kier alpha value is -0.840. The van der Waals surface area contributed by atoms with Crippen LogP contribution in [0.15, 0.2) is 0 Å². The number of rotatable bonds is 7. The van der Waals surface area contributed by atoms with Crippen molar-refractivity contribution in [3.8, 4) is 0 Å². The van der Waals surface area contributed by atoms with E-state index in [2.05, 4.69) is 5.73 Å². The summed E-state index contributed by atoms with van der Waals surface area (Å²) >= 11 is 0. The number of carboxylic acid groups (broad SMARTS) is 2. The van der Waals surface area contributed by atoms with Gasteiger partial charge in [0.1, 0.15) is 12.6 Å². The summed E-state index contributed by atoms with van der Waals surface area (Å²) in [6, 6.07) is 0. The van der Waals surface area contributed by atoms with E-state index in [1.54, 1.807) is 0 Å². The number of carbonyl (C=O) groups excluding carboxylic acids is 1. The summed E-state index contributed by atoms with van der Waals surface area (Å²) in [7, 11) is -9.15. The van der Waals surface area contributed by atoms with E-state index < -0.39 is 46.2 Å². The molecule has 0 rings (SSSR count). The van der Waals surface area contributed by atoms with Gasteiger partial charge < -0.3 is 40.3 Å². The molecule has 0 atom stereocenters. The standard InChI is InChI=1S/C4H11NO8P2.C2H5NO2/c6-4(7)1-5(2-14(8,9)10)3-15(11,12)13;3-1-2(4)5/h1-3H2,(H,6,7)(H2,8,9,10)(H2,11,12,13);1,3H2,(H,4,5). The van der Waals surface area contributed by atoms with Crippen molar-refractivity contribution in [1.29, 1.82) is 0 Å². The van der Waals surface area contributed by atoms with Gasteiger partial charge in [0.2, 0.25) is 0 Å². The lowest BCUT2D eigenvalue weighted by Crippen LogP contribution is -2.39. The molecule has 12 nitrogen and oxygen atoms in total. The van der Waals surface area contributed by atoms with Crippen LogP contribution >= 0.6 is 15.2 Å². The second-order valence-electron chi connectivity index (χ2n) is 3.41. The molecule has 0 heterocycles. The van der Waals surface area contributed by atoms with Crippen LogP contribution in [0.3, 0.4) is 0 Å². The van der Waals surface area contributed by atoms with Crippen molar-refractivity contribution in [2.45, 2.75) is 0 Å². The maximum atomic E-state index is 10.5. The lowest BCUT2D eigenvalue weighted by Gasteiger charge is -2.22. The largest absolute Gasteiger partial charge is 1.00 e. The Morgan fingerprint density at radius 1 is 1.10 bits per heavy atom. The number of hydrogen-bond donors (Lipinski definition) is 6. The van der Waals surface area contributed by atoms with Gasteiger partial charge in [-0.2, -0.15) is 0 Å². The summed E-state index contributed by atoms with van der Waals surface area (Å²) in [4.78, 5) is 53.8. The van der Waals surface area contributed by atoms with Crippen molar-refractivity contribution in [3.63, 3.8) is 0 Å². The molecule has 0 bridgehead atoms. The molecule has 0 aliphatic rings. The molecular weight excluding hydrogens is 322 g/mol. The molecule has 0 amide bonds. The van der Waals surface area contributed by atoms with Crippen LogP contribution in [0.4, 0.5) is 0 Å². The Kier molecular flexibility index (Phi) is 9.83.